The average Bonchev–Trinajstić information content (AvgIpc) is 2.82. The van der Waals surface area contributed by atoms with E-state index in [0.717, 1.165) is 105 Å². The fourth-order valence-electron chi connectivity index (χ4n) is 3.88. The normalized spacial score (nSPS) is 12.2. The zero-order valence-corrected chi connectivity index (χ0v) is 21.8. The highest BCUT2D eigenvalue weighted by Crippen LogP contribution is 1.95. The van der Waals surface area contributed by atoms with Crippen LogP contribution in [0, 0.1) is 0 Å². The van der Waals surface area contributed by atoms with Gasteiger partial charge < -0.3 is 45.0 Å². The molecule has 0 saturated carbocycles. The molecule has 0 saturated heterocycles. The van der Waals surface area contributed by atoms with Crippen molar-refractivity contribution < 1.29 is 0 Å². The van der Waals surface area contributed by atoms with Crippen LogP contribution in [0.15, 0.2) is 0 Å². The Bertz CT molecular complexity index is 392. The summed E-state index contributed by atoms with van der Waals surface area (Å²) in [5.41, 5.74) is 34.4. The van der Waals surface area contributed by atoms with Gasteiger partial charge in [-0.2, -0.15) is 0 Å². The van der Waals surface area contributed by atoms with Gasteiger partial charge >= 0.3 is 0 Å². The first-order valence-electron chi connectivity index (χ1n) is 13.2. The second-order valence-corrected chi connectivity index (χ2v) is 8.60. The molecule has 0 atom stereocenters. The zero-order chi connectivity index (χ0) is 25.3. The first-order chi connectivity index (χ1) is 16.6. The molecule has 12 heteroatoms. The highest BCUT2D eigenvalue weighted by Gasteiger charge is 2.11. The first kappa shape index (κ1) is 33.5. The highest BCUT2D eigenvalue weighted by atomic mass is 15.2. The summed E-state index contributed by atoms with van der Waals surface area (Å²) >= 11 is 0. The van der Waals surface area contributed by atoms with Gasteiger partial charge in [0.15, 0.2) is 0 Å². The topological polar surface area (TPSA) is 193 Å². The number of nitrogens with one attached hydrogen (secondary N) is 2. The van der Waals surface area contributed by atoms with Crippen LogP contribution in [0.3, 0.4) is 0 Å². The monoisotopic (exact) mass is 490 g/mol. The van der Waals surface area contributed by atoms with Crippen LogP contribution in [0.25, 0.3) is 0 Å². The van der Waals surface area contributed by atoms with E-state index in [1.165, 1.54) is 0 Å². The Kier molecular flexibility index (Phi) is 25.2. The van der Waals surface area contributed by atoms with E-state index in [1.807, 2.05) is 0 Å². The lowest BCUT2D eigenvalue weighted by Crippen LogP contribution is -2.46. The quantitative estimate of drug-likeness (QED) is 0.0512. The summed E-state index contributed by atoms with van der Waals surface area (Å²) in [6.45, 7) is 19.0. The smallest absolute Gasteiger partial charge is 0.0110 e. The summed E-state index contributed by atoms with van der Waals surface area (Å²) in [6, 6.07) is 0. The van der Waals surface area contributed by atoms with Crippen LogP contribution >= 0.6 is 0 Å². The van der Waals surface area contributed by atoms with Crippen LogP contribution in [0.5, 0.6) is 0 Å². The van der Waals surface area contributed by atoms with Crippen molar-refractivity contribution >= 4 is 0 Å². The minimum absolute atomic E-state index is 0.656. The molecule has 0 aromatic rings. The molecule has 0 spiro atoms. The highest BCUT2D eigenvalue weighted by molar-refractivity contribution is 4.70. The Morgan fingerprint density at radius 1 is 0.294 bits per heavy atom. The predicted octanol–water partition coefficient (Wildman–Crippen LogP) is -4.87. The molecule has 0 fully saturated rings. The molecule has 0 aromatic carbocycles. The number of nitrogens with two attached hydrogens (primary N) is 6. The molecule has 0 radical (unpaired) electrons. The molecule has 0 aliphatic heterocycles. The molecule has 34 heavy (non-hydrogen) atoms. The van der Waals surface area contributed by atoms with Crippen molar-refractivity contribution in [2.45, 2.75) is 0 Å². The van der Waals surface area contributed by atoms with Gasteiger partial charge in [-0.25, -0.2) is 0 Å². The molecule has 0 unspecified atom stereocenters. The SMILES string of the molecule is NCCNCCN(CCN)CCN(CCNCCN(CCN)CCN)CCN(CCN)CCN. The van der Waals surface area contributed by atoms with E-state index in [9.17, 15) is 0 Å². The summed E-state index contributed by atoms with van der Waals surface area (Å²) < 4.78 is 0. The number of hydrogen-bond acceptors (Lipinski definition) is 12. The van der Waals surface area contributed by atoms with Gasteiger partial charge in [0.25, 0.3) is 0 Å². The van der Waals surface area contributed by atoms with E-state index >= 15 is 0 Å². The standard InChI is InChI=1S/C22H58N12/c23-1-7-29-8-17-33(15-6-28)20-22-34(21-19-32(13-4-26)14-5-27)18-10-30-9-16-31(11-2-24)12-3-25/h29-30H,1-28H2. The fourth-order valence-corrected chi connectivity index (χ4v) is 3.88. The van der Waals surface area contributed by atoms with Crippen LogP contribution in [0.2, 0.25) is 0 Å². The number of rotatable bonds is 27. The Morgan fingerprint density at radius 2 is 0.559 bits per heavy atom. The zero-order valence-electron chi connectivity index (χ0n) is 21.8. The van der Waals surface area contributed by atoms with Gasteiger partial charge in [-0.05, 0) is 0 Å². The average molecular weight is 491 g/mol. The molecule has 0 rings (SSSR count). The lowest BCUT2D eigenvalue weighted by molar-refractivity contribution is 0.179. The van der Waals surface area contributed by atoms with Crippen molar-refractivity contribution in [3.63, 3.8) is 0 Å². The Balaban J connectivity index is 4.63. The summed E-state index contributed by atoms with van der Waals surface area (Å²) in [6.07, 6.45) is 0. The molecule has 0 aromatic heterocycles. The van der Waals surface area contributed by atoms with Gasteiger partial charge in [-0.3, -0.25) is 19.6 Å². The molecule has 0 aliphatic rings. The maximum Gasteiger partial charge on any atom is 0.0110 e. The van der Waals surface area contributed by atoms with Gasteiger partial charge in [0, 0.05) is 144 Å². The lowest BCUT2D eigenvalue weighted by Gasteiger charge is -2.30. The molecule has 0 heterocycles. The van der Waals surface area contributed by atoms with Crippen molar-refractivity contribution in [2.75, 3.05) is 144 Å². The van der Waals surface area contributed by atoms with Crippen molar-refractivity contribution in [1.82, 2.24) is 30.2 Å². The third-order valence-electron chi connectivity index (χ3n) is 5.83. The van der Waals surface area contributed by atoms with Gasteiger partial charge in [0.1, 0.15) is 0 Å². The molecular formula is C22H58N12. The van der Waals surface area contributed by atoms with Crippen molar-refractivity contribution in [3.8, 4) is 0 Å². The summed E-state index contributed by atoms with van der Waals surface area (Å²) in [7, 11) is 0. The Morgan fingerprint density at radius 3 is 0.882 bits per heavy atom. The third-order valence-corrected chi connectivity index (χ3v) is 5.83. The number of hydrogen-bond donors (Lipinski definition) is 8. The van der Waals surface area contributed by atoms with Crippen molar-refractivity contribution in [2.24, 2.45) is 34.4 Å². The third kappa shape index (κ3) is 19.8. The second kappa shape index (κ2) is 25.6. The second-order valence-electron chi connectivity index (χ2n) is 8.60. The van der Waals surface area contributed by atoms with Crippen molar-refractivity contribution in [1.29, 1.82) is 0 Å². The molecule has 0 aliphatic carbocycles. The van der Waals surface area contributed by atoms with E-state index in [4.69, 9.17) is 34.4 Å². The van der Waals surface area contributed by atoms with Crippen molar-refractivity contribution in [3.05, 3.63) is 0 Å². The predicted molar refractivity (Wildman–Crippen MR) is 146 cm³/mol. The van der Waals surface area contributed by atoms with E-state index in [-0.39, 0.29) is 0 Å². The summed E-state index contributed by atoms with van der Waals surface area (Å²) in [4.78, 5) is 9.62. The maximum absolute atomic E-state index is 5.86. The van der Waals surface area contributed by atoms with Gasteiger partial charge in [0.2, 0.25) is 0 Å². The van der Waals surface area contributed by atoms with Crippen LogP contribution < -0.4 is 45.0 Å². The molecule has 14 N–H and O–H groups in total. The Labute approximate surface area is 209 Å². The van der Waals surface area contributed by atoms with Crippen LogP contribution in [-0.2, 0) is 0 Å². The molecule has 0 bridgehead atoms. The van der Waals surface area contributed by atoms with E-state index in [1.54, 1.807) is 0 Å². The largest absolute Gasteiger partial charge is 0.329 e. The summed E-state index contributed by atoms with van der Waals surface area (Å²) in [5.74, 6) is 0. The summed E-state index contributed by atoms with van der Waals surface area (Å²) in [5, 5.41) is 6.96. The molecular weight excluding hydrogens is 432 g/mol. The number of nitrogens with zero attached hydrogens (tertiary/aromatic N) is 4. The van der Waals surface area contributed by atoms with E-state index in [0.29, 0.717) is 39.3 Å². The van der Waals surface area contributed by atoms with Crippen LogP contribution in [0.1, 0.15) is 0 Å². The van der Waals surface area contributed by atoms with Gasteiger partial charge in [0.05, 0.1) is 0 Å². The van der Waals surface area contributed by atoms with E-state index < -0.39 is 0 Å². The maximum atomic E-state index is 5.86. The van der Waals surface area contributed by atoms with Crippen LogP contribution in [0.4, 0.5) is 0 Å². The first-order valence-corrected chi connectivity index (χ1v) is 13.2. The van der Waals surface area contributed by atoms with Gasteiger partial charge in [-0.1, -0.05) is 0 Å². The van der Waals surface area contributed by atoms with Gasteiger partial charge in [-0.15, -0.1) is 0 Å². The fraction of sp³-hybridized carbons (Fsp3) is 1.00. The van der Waals surface area contributed by atoms with E-state index in [2.05, 4.69) is 30.2 Å². The van der Waals surface area contributed by atoms with Crippen LogP contribution in [-0.4, -0.2) is 164 Å². The Hall–Kier alpha value is -0.480. The minimum Gasteiger partial charge on any atom is -0.329 e. The minimum atomic E-state index is 0.656. The lowest BCUT2D eigenvalue weighted by atomic mass is 10.3. The molecule has 12 nitrogen and oxygen atoms in total. The molecule has 206 valence electrons. The molecule has 0 amide bonds.